The lowest BCUT2D eigenvalue weighted by atomic mass is 10.1. The highest BCUT2D eigenvalue weighted by atomic mass is 16.3. The summed E-state index contributed by atoms with van der Waals surface area (Å²) in [5.74, 6) is -0.929. The summed E-state index contributed by atoms with van der Waals surface area (Å²) in [6.07, 6.45) is 1.40. The Kier molecular flexibility index (Phi) is 1.52. The Morgan fingerprint density at radius 1 is 1.38 bits per heavy atom. The van der Waals surface area contributed by atoms with E-state index in [0.717, 1.165) is 5.56 Å². The number of hydrogen-bond acceptors (Lipinski definition) is 2. The molecule has 0 saturated heterocycles. The first-order chi connectivity index (χ1) is 6.18. The molecule has 0 fully saturated rings. The SMILES string of the molecule is C=c1cccc2c1=NC(=O)C(O)=C2. The fourth-order valence-corrected chi connectivity index (χ4v) is 1.23. The van der Waals surface area contributed by atoms with E-state index in [1.807, 2.05) is 0 Å². The van der Waals surface area contributed by atoms with Crippen LogP contribution in [0.15, 0.2) is 29.0 Å². The average molecular weight is 173 g/mol. The van der Waals surface area contributed by atoms with Crippen molar-refractivity contribution in [3.8, 4) is 0 Å². The normalized spacial score (nSPS) is 14.5. The molecule has 3 nitrogen and oxygen atoms in total. The number of benzene rings is 1. The van der Waals surface area contributed by atoms with Gasteiger partial charge in [0.2, 0.25) is 0 Å². The van der Waals surface area contributed by atoms with E-state index in [9.17, 15) is 4.79 Å². The first kappa shape index (κ1) is 7.73. The topological polar surface area (TPSA) is 49.7 Å². The highest BCUT2D eigenvalue weighted by Gasteiger charge is 2.11. The van der Waals surface area contributed by atoms with Crippen molar-refractivity contribution in [3.05, 3.63) is 40.1 Å². The Morgan fingerprint density at radius 2 is 2.15 bits per heavy atom. The molecule has 0 radical (unpaired) electrons. The summed E-state index contributed by atoms with van der Waals surface area (Å²) in [6, 6.07) is 5.35. The minimum atomic E-state index is -0.608. The lowest BCUT2D eigenvalue weighted by Gasteiger charge is -2.02. The van der Waals surface area contributed by atoms with Crippen LogP contribution in [0.25, 0.3) is 12.7 Å². The fourth-order valence-electron chi connectivity index (χ4n) is 1.23. The molecule has 1 aliphatic rings. The second kappa shape index (κ2) is 2.55. The molecular weight excluding hydrogens is 166 g/mol. The molecule has 64 valence electrons. The smallest absolute Gasteiger partial charge is 0.312 e. The van der Waals surface area contributed by atoms with Crippen molar-refractivity contribution in [3.63, 3.8) is 0 Å². The molecule has 1 aliphatic heterocycles. The molecule has 0 unspecified atom stereocenters. The van der Waals surface area contributed by atoms with Crippen LogP contribution in [0.2, 0.25) is 0 Å². The van der Waals surface area contributed by atoms with Gasteiger partial charge in [0.05, 0.1) is 5.36 Å². The van der Waals surface area contributed by atoms with Gasteiger partial charge in [-0.1, -0.05) is 24.8 Å². The van der Waals surface area contributed by atoms with Crippen LogP contribution in [0.4, 0.5) is 0 Å². The molecular formula is C10H7NO2. The molecule has 13 heavy (non-hydrogen) atoms. The van der Waals surface area contributed by atoms with Gasteiger partial charge >= 0.3 is 5.91 Å². The predicted octanol–water partition coefficient (Wildman–Crippen LogP) is 0.156. The molecule has 0 aliphatic carbocycles. The van der Waals surface area contributed by atoms with Crippen LogP contribution < -0.4 is 10.6 Å². The van der Waals surface area contributed by atoms with Crippen molar-refractivity contribution in [2.45, 2.75) is 0 Å². The van der Waals surface area contributed by atoms with Gasteiger partial charge < -0.3 is 5.11 Å². The van der Waals surface area contributed by atoms with Gasteiger partial charge in [-0.05, 0) is 11.3 Å². The summed E-state index contributed by atoms with van der Waals surface area (Å²) in [4.78, 5) is 14.7. The number of nitrogens with zero attached hydrogens (tertiary/aromatic N) is 1. The van der Waals surface area contributed by atoms with Gasteiger partial charge in [0.1, 0.15) is 0 Å². The van der Waals surface area contributed by atoms with E-state index < -0.39 is 5.91 Å². The maximum atomic E-state index is 11.0. The molecule has 0 saturated carbocycles. The molecule has 1 amide bonds. The van der Waals surface area contributed by atoms with Crippen molar-refractivity contribution >= 4 is 18.6 Å². The predicted molar refractivity (Wildman–Crippen MR) is 48.4 cm³/mol. The van der Waals surface area contributed by atoms with Crippen LogP contribution in [0.5, 0.6) is 0 Å². The summed E-state index contributed by atoms with van der Waals surface area (Å²) in [6.45, 7) is 3.74. The minimum absolute atomic E-state index is 0.321. The van der Waals surface area contributed by atoms with E-state index >= 15 is 0 Å². The number of carbonyl (C=O) groups excluding carboxylic acids is 1. The zero-order valence-electron chi connectivity index (χ0n) is 6.82. The highest BCUT2D eigenvalue weighted by Crippen LogP contribution is 2.04. The quantitative estimate of drug-likeness (QED) is 0.607. The Labute approximate surface area is 74.4 Å². The van der Waals surface area contributed by atoms with Crippen LogP contribution in [0, 0.1) is 0 Å². The summed E-state index contributed by atoms with van der Waals surface area (Å²) in [5.41, 5.74) is 0.726. The number of rotatable bonds is 0. The van der Waals surface area contributed by atoms with Crippen LogP contribution in [0.1, 0.15) is 5.56 Å². The van der Waals surface area contributed by atoms with Gasteiger partial charge in [-0.25, -0.2) is 4.99 Å². The van der Waals surface area contributed by atoms with Gasteiger partial charge in [-0.15, -0.1) is 0 Å². The van der Waals surface area contributed by atoms with E-state index in [2.05, 4.69) is 11.6 Å². The molecule has 2 rings (SSSR count). The summed E-state index contributed by atoms with van der Waals surface area (Å²) in [5, 5.41) is 10.3. The van der Waals surface area contributed by atoms with Crippen LogP contribution in [-0.4, -0.2) is 11.0 Å². The van der Waals surface area contributed by atoms with E-state index in [-0.39, 0.29) is 5.76 Å². The first-order valence-electron chi connectivity index (χ1n) is 3.80. The van der Waals surface area contributed by atoms with Crippen molar-refractivity contribution in [1.82, 2.24) is 0 Å². The molecule has 3 heteroatoms. The molecule has 0 bridgehead atoms. The molecule has 0 spiro atoms. The van der Waals surface area contributed by atoms with Crippen LogP contribution >= 0.6 is 0 Å². The lowest BCUT2D eigenvalue weighted by molar-refractivity contribution is -0.116. The zero-order valence-corrected chi connectivity index (χ0v) is 6.82. The van der Waals surface area contributed by atoms with E-state index in [4.69, 9.17) is 5.11 Å². The maximum Gasteiger partial charge on any atom is 0.312 e. The van der Waals surface area contributed by atoms with Gasteiger partial charge in [0.25, 0.3) is 0 Å². The minimum Gasteiger partial charge on any atom is -0.503 e. The summed E-state index contributed by atoms with van der Waals surface area (Å²) >= 11 is 0. The van der Waals surface area contributed by atoms with Gasteiger partial charge in [-0.3, -0.25) is 4.79 Å². The zero-order chi connectivity index (χ0) is 9.42. The third-order valence-electron chi connectivity index (χ3n) is 1.88. The molecule has 1 N–H and O–H groups in total. The largest absolute Gasteiger partial charge is 0.503 e. The molecule has 0 atom stereocenters. The second-order valence-electron chi connectivity index (χ2n) is 2.80. The van der Waals surface area contributed by atoms with Crippen molar-refractivity contribution < 1.29 is 9.90 Å². The Morgan fingerprint density at radius 3 is 2.92 bits per heavy atom. The average Bonchev–Trinajstić information content (AvgIpc) is 2.09. The number of carbonyl (C=O) groups is 1. The Balaban J connectivity index is 2.88. The van der Waals surface area contributed by atoms with Crippen LogP contribution in [0.3, 0.4) is 0 Å². The first-order valence-corrected chi connectivity index (χ1v) is 3.80. The summed E-state index contributed by atoms with van der Waals surface area (Å²) < 4.78 is 0. The number of para-hydroxylation sites is 1. The Hall–Kier alpha value is -1.90. The van der Waals surface area contributed by atoms with Gasteiger partial charge in [-0.2, -0.15) is 0 Å². The van der Waals surface area contributed by atoms with Gasteiger partial charge in [0.15, 0.2) is 5.76 Å². The highest BCUT2D eigenvalue weighted by molar-refractivity contribution is 5.97. The number of aliphatic hydroxyl groups excluding tert-OH is 1. The number of fused-ring (bicyclic) bond motifs is 1. The van der Waals surface area contributed by atoms with E-state index in [0.29, 0.717) is 10.6 Å². The standard InChI is InChI=1S/C10H7NO2/c1-6-3-2-4-7-5-8(12)10(13)11-9(6)7/h2-5,12H,1H2. The third kappa shape index (κ3) is 1.14. The number of amides is 1. The molecule has 0 aromatic heterocycles. The van der Waals surface area contributed by atoms with E-state index in [1.165, 1.54) is 6.08 Å². The molecule has 1 aromatic carbocycles. The fraction of sp³-hybridized carbons (Fsp3) is 0. The van der Waals surface area contributed by atoms with Crippen molar-refractivity contribution in [2.75, 3.05) is 0 Å². The molecule has 1 aromatic rings. The maximum absolute atomic E-state index is 11.0. The van der Waals surface area contributed by atoms with Crippen LogP contribution in [-0.2, 0) is 4.79 Å². The van der Waals surface area contributed by atoms with Crippen molar-refractivity contribution in [2.24, 2.45) is 4.99 Å². The number of hydrogen-bond donors (Lipinski definition) is 1. The van der Waals surface area contributed by atoms with Gasteiger partial charge in [0, 0.05) is 5.56 Å². The second-order valence-corrected chi connectivity index (χ2v) is 2.80. The Bertz CT molecular complexity index is 514. The lowest BCUT2D eigenvalue weighted by Crippen LogP contribution is -2.30. The summed E-state index contributed by atoms with van der Waals surface area (Å²) in [7, 11) is 0. The number of aliphatic hydroxyl groups is 1. The van der Waals surface area contributed by atoms with Crippen molar-refractivity contribution in [1.29, 1.82) is 0 Å². The monoisotopic (exact) mass is 173 g/mol. The molecule has 1 heterocycles. The van der Waals surface area contributed by atoms with E-state index in [1.54, 1.807) is 18.2 Å². The third-order valence-corrected chi connectivity index (χ3v) is 1.88.